The summed E-state index contributed by atoms with van der Waals surface area (Å²) in [6, 6.07) is 6.74. The molecule has 11 heteroatoms. The molecule has 0 aliphatic rings. The lowest BCUT2D eigenvalue weighted by Crippen LogP contribution is -2.19. The van der Waals surface area contributed by atoms with Crippen LogP contribution in [0.25, 0.3) is 5.52 Å². The number of carbonyl (C=O) groups is 1. The van der Waals surface area contributed by atoms with Crippen molar-refractivity contribution in [3.05, 3.63) is 62.8 Å². The van der Waals surface area contributed by atoms with Gasteiger partial charge in [0.25, 0.3) is 0 Å². The molecule has 0 radical (unpaired) electrons. The molecule has 2 heterocycles. The van der Waals surface area contributed by atoms with E-state index in [1.54, 1.807) is 6.92 Å². The van der Waals surface area contributed by atoms with Crippen LogP contribution in [0.4, 0.5) is 13.2 Å². The van der Waals surface area contributed by atoms with Crippen LogP contribution in [0, 0.1) is 0 Å². The van der Waals surface area contributed by atoms with Gasteiger partial charge in [-0.15, -0.1) is 13.2 Å². The first kappa shape index (κ1) is 21.4. The monoisotopic (exact) mass is 492 g/mol. The lowest BCUT2D eigenvalue weighted by atomic mass is 9.99. The van der Waals surface area contributed by atoms with Crippen LogP contribution in [0.5, 0.6) is 5.75 Å². The van der Waals surface area contributed by atoms with Crippen molar-refractivity contribution in [2.45, 2.75) is 19.4 Å². The molecule has 0 amide bonds. The quantitative estimate of drug-likeness (QED) is 0.512. The summed E-state index contributed by atoms with van der Waals surface area (Å²) in [5.41, 5.74) is -0.327. The van der Waals surface area contributed by atoms with Crippen molar-refractivity contribution < 1.29 is 32.5 Å². The van der Waals surface area contributed by atoms with E-state index < -0.39 is 24.2 Å². The highest BCUT2D eigenvalue weighted by molar-refractivity contribution is 9.10. The predicted octanol–water partition coefficient (Wildman–Crippen LogP) is 4.91. The first-order chi connectivity index (χ1) is 13.6. The van der Waals surface area contributed by atoms with Crippen molar-refractivity contribution in [1.29, 1.82) is 0 Å². The maximum Gasteiger partial charge on any atom is 0.573 e. The van der Waals surface area contributed by atoms with Crippen LogP contribution < -0.4 is 4.74 Å². The smallest absolute Gasteiger partial charge is 0.461 e. The van der Waals surface area contributed by atoms with E-state index in [1.165, 1.54) is 35.0 Å². The van der Waals surface area contributed by atoms with Crippen molar-refractivity contribution >= 4 is 39.0 Å². The number of carbonyl (C=O) groups excluding carboxylic acids is 1. The molecule has 2 aromatic heterocycles. The number of alkyl halides is 3. The van der Waals surface area contributed by atoms with Crippen LogP contribution in [0.1, 0.15) is 34.6 Å². The normalized spacial score (nSPS) is 12.8. The van der Waals surface area contributed by atoms with Crippen LogP contribution in [0.2, 0.25) is 5.02 Å². The second kappa shape index (κ2) is 8.21. The third-order valence-electron chi connectivity index (χ3n) is 3.89. The van der Waals surface area contributed by atoms with Crippen LogP contribution in [0.3, 0.4) is 0 Å². The minimum Gasteiger partial charge on any atom is -0.461 e. The molecule has 1 atom stereocenters. The molecule has 3 aromatic rings. The van der Waals surface area contributed by atoms with Gasteiger partial charge in [-0.05, 0) is 31.2 Å². The molecule has 1 unspecified atom stereocenters. The number of hydrogen-bond donors (Lipinski definition) is 1. The van der Waals surface area contributed by atoms with Gasteiger partial charge in [0, 0.05) is 26.8 Å². The maximum atomic E-state index is 12.8. The fraction of sp³-hybridized carbons (Fsp3) is 0.222. The topological polar surface area (TPSA) is 73.1 Å². The number of fused-ring (bicyclic) bond motifs is 1. The van der Waals surface area contributed by atoms with E-state index in [2.05, 4.69) is 25.8 Å². The zero-order chi connectivity index (χ0) is 21.3. The minimum atomic E-state index is -4.98. The lowest BCUT2D eigenvalue weighted by molar-refractivity contribution is -0.275. The van der Waals surface area contributed by atoms with Gasteiger partial charge in [0.05, 0.1) is 12.1 Å². The SMILES string of the molecule is CCOC(=O)c1nn2ccc(Cl)cc2c1C(O)c1c(Br)cccc1OC(F)(F)F. The molecule has 1 aromatic carbocycles. The van der Waals surface area contributed by atoms with Crippen LogP contribution in [-0.4, -0.2) is 33.7 Å². The number of aromatic nitrogens is 2. The van der Waals surface area contributed by atoms with Gasteiger partial charge in [-0.25, -0.2) is 9.31 Å². The minimum absolute atomic E-state index is 0.0421. The fourth-order valence-corrected chi connectivity index (χ4v) is 3.52. The number of benzene rings is 1. The first-order valence-corrected chi connectivity index (χ1v) is 9.36. The predicted molar refractivity (Wildman–Crippen MR) is 101 cm³/mol. The Morgan fingerprint density at radius 2 is 2.07 bits per heavy atom. The van der Waals surface area contributed by atoms with Crippen molar-refractivity contribution in [3.8, 4) is 5.75 Å². The van der Waals surface area contributed by atoms with Crippen molar-refractivity contribution in [1.82, 2.24) is 9.61 Å². The average molecular weight is 494 g/mol. The van der Waals surface area contributed by atoms with E-state index in [0.29, 0.717) is 0 Å². The van der Waals surface area contributed by atoms with E-state index >= 15 is 0 Å². The molecular weight excluding hydrogens is 481 g/mol. The summed E-state index contributed by atoms with van der Waals surface area (Å²) < 4.78 is 49.0. The summed E-state index contributed by atoms with van der Waals surface area (Å²) in [5.74, 6) is -1.47. The Morgan fingerprint density at radius 3 is 2.72 bits per heavy atom. The number of esters is 1. The largest absolute Gasteiger partial charge is 0.573 e. The summed E-state index contributed by atoms with van der Waals surface area (Å²) in [5, 5.41) is 15.4. The lowest BCUT2D eigenvalue weighted by Gasteiger charge is -2.19. The summed E-state index contributed by atoms with van der Waals surface area (Å²) >= 11 is 9.15. The fourth-order valence-electron chi connectivity index (χ4n) is 2.80. The number of aliphatic hydroxyl groups excluding tert-OH is 1. The summed E-state index contributed by atoms with van der Waals surface area (Å²) in [7, 11) is 0. The van der Waals surface area contributed by atoms with Gasteiger partial charge < -0.3 is 14.6 Å². The zero-order valence-electron chi connectivity index (χ0n) is 14.7. The van der Waals surface area contributed by atoms with E-state index in [9.17, 15) is 23.1 Å². The number of nitrogens with zero attached hydrogens (tertiary/aromatic N) is 2. The van der Waals surface area contributed by atoms with E-state index in [-0.39, 0.29) is 38.4 Å². The summed E-state index contributed by atoms with van der Waals surface area (Å²) in [6.07, 6.45) is -5.24. The Morgan fingerprint density at radius 1 is 1.34 bits per heavy atom. The van der Waals surface area contributed by atoms with Crippen LogP contribution in [0.15, 0.2) is 41.0 Å². The van der Waals surface area contributed by atoms with Gasteiger partial charge >= 0.3 is 12.3 Å². The Hall–Kier alpha value is -2.30. The Kier molecular flexibility index (Phi) is 6.06. The number of ether oxygens (including phenoxy) is 2. The highest BCUT2D eigenvalue weighted by Crippen LogP contribution is 2.40. The molecule has 0 bridgehead atoms. The maximum absolute atomic E-state index is 12.8. The highest BCUT2D eigenvalue weighted by atomic mass is 79.9. The van der Waals surface area contributed by atoms with Crippen molar-refractivity contribution in [2.75, 3.05) is 6.61 Å². The van der Waals surface area contributed by atoms with Gasteiger partial charge in [0.2, 0.25) is 0 Å². The highest BCUT2D eigenvalue weighted by Gasteiger charge is 2.35. The number of pyridine rings is 1. The molecule has 0 saturated carbocycles. The van der Waals surface area contributed by atoms with Gasteiger partial charge in [-0.3, -0.25) is 0 Å². The molecule has 1 N–H and O–H groups in total. The van der Waals surface area contributed by atoms with E-state index in [0.717, 1.165) is 6.07 Å². The summed E-state index contributed by atoms with van der Waals surface area (Å²) in [6.45, 7) is 1.63. The van der Waals surface area contributed by atoms with E-state index in [4.69, 9.17) is 16.3 Å². The third-order valence-corrected chi connectivity index (χ3v) is 4.82. The molecule has 6 nitrogen and oxygen atoms in total. The second-order valence-electron chi connectivity index (χ2n) is 5.76. The third kappa shape index (κ3) is 4.49. The van der Waals surface area contributed by atoms with Crippen molar-refractivity contribution in [3.63, 3.8) is 0 Å². The molecular formula is C18H13BrClF3N2O4. The number of rotatable bonds is 5. The molecule has 3 rings (SSSR count). The van der Waals surface area contributed by atoms with Gasteiger partial charge in [-0.1, -0.05) is 33.6 Å². The van der Waals surface area contributed by atoms with E-state index in [1.807, 2.05) is 0 Å². The van der Waals surface area contributed by atoms with Crippen molar-refractivity contribution in [2.24, 2.45) is 0 Å². The van der Waals surface area contributed by atoms with Crippen LogP contribution >= 0.6 is 27.5 Å². The molecule has 0 aliphatic carbocycles. The number of aliphatic hydroxyl groups is 1. The van der Waals surface area contributed by atoms with Crippen LogP contribution in [-0.2, 0) is 4.74 Å². The molecule has 29 heavy (non-hydrogen) atoms. The summed E-state index contributed by atoms with van der Waals surface area (Å²) in [4.78, 5) is 12.4. The van der Waals surface area contributed by atoms with Gasteiger partial charge in [0.1, 0.15) is 11.9 Å². The standard InChI is InChI=1S/C18H13BrClF3N2O4/c1-2-28-17(27)15-14(11-8-9(20)6-7-25(11)24-15)16(26)13-10(19)4-3-5-12(13)29-18(21,22)23/h3-8,16,26H,2H2,1H3. The molecule has 0 spiro atoms. The molecule has 0 aliphatic heterocycles. The zero-order valence-corrected chi connectivity index (χ0v) is 17.0. The Labute approximate surface area is 175 Å². The Balaban J connectivity index is 2.24. The van der Waals surface area contributed by atoms with Gasteiger partial charge in [0.15, 0.2) is 5.69 Å². The second-order valence-corrected chi connectivity index (χ2v) is 7.05. The molecule has 0 saturated heterocycles. The molecule has 0 fully saturated rings. The molecule has 154 valence electrons. The number of halogens is 5. The van der Waals surface area contributed by atoms with Gasteiger partial charge in [-0.2, -0.15) is 5.10 Å². The Bertz CT molecular complexity index is 1070. The average Bonchev–Trinajstić information content (AvgIpc) is 2.99. The number of hydrogen-bond acceptors (Lipinski definition) is 5. The first-order valence-electron chi connectivity index (χ1n) is 8.19.